The van der Waals surface area contributed by atoms with Crippen LogP contribution in [0.15, 0.2) is 0 Å². The van der Waals surface area contributed by atoms with Crippen LogP contribution < -0.4 is 0 Å². The highest BCUT2D eigenvalue weighted by atomic mass is 16.6. The van der Waals surface area contributed by atoms with Crippen molar-refractivity contribution in [3.63, 3.8) is 0 Å². The SMILES string of the molecule is OC1OC[C@H](O)[C@@H](O)C1O. The molecule has 1 aliphatic rings. The maximum Gasteiger partial charge on any atom is 0.183 e. The largest absolute Gasteiger partial charge is 0.388 e. The molecule has 1 saturated heterocycles. The molecule has 1 fully saturated rings. The summed E-state index contributed by atoms with van der Waals surface area (Å²) in [4.78, 5) is 0. The third-order valence-electron chi connectivity index (χ3n) is 1.47. The normalized spacial score (nSPS) is 49.2. The van der Waals surface area contributed by atoms with Crippen molar-refractivity contribution in [3.8, 4) is 0 Å². The summed E-state index contributed by atoms with van der Waals surface area (Å²) in [5.41, 5.74) is 0. The van der Waals surface area contributed by atoms with Gasteiger partial charge in [0.1, 0.15) is 18.3 Å². The fourth-order valence-corrected chi connectivity index (χ4v) is 0.791. The predicted octanol–water partition coefficient (Wildman–Crippen LogP) is -2.58. The van der Waals surface area contributed by atoms with Crippen molar-refractivity contribution in [2.24, 2.45) is 0 Å². The molecule has 0 saturated carbocycles. The molecule has 0 aromatic carbocycles. The number of ether oxygens (including phenoxy) is 1. The molecule has 4 N–H and O–H groups in total. The van der Waals surface area contributed by atoms with Crippen LogP contribution in [0, 0.1) is 0 Å². The third-order valence-corrected chi connectivity index (χ3v) is 1.47. The topological polar surface area (TPSA) is 90.2 Å². The van der Waals surface area contributed by atoms with E-state index in [1.165, 1.54) is 0 Å². The molecule has 0 spiro atoms. The molecule has 0 aliphatic carbocycles. The second kappa shape index (κ2) is 2.81. The molecule has 60 valence electrons. The molecule has 0 amide bonds. The van der Waals surface area contributed by atoms with Crippen molar-refractivity contribution in [2.75, 3.05) is 6.61 Å². The van der Waals surface area contributed by atoms with Gasteiger partial charge in [-0.2, -0.15) is 0 Å². The second-order valence-electron chi connectivity index (χ2n) is 2.27. The van der Waals surface area contributed by atoms with Gasteiger partial charge in [-0.3, -0.25) is 0 Å². The van der Waals surface area contributed by atoms with E-state index in [1.54, 1.807) is 0 Å². The molecular formula is C5H10O5. The highest BCUT2D eigenvalue weighted by molar-refractivity contribution is 4.81. The van der Waals surface area contributed by atoms with Crippen LogP contribution in [0.3, 0.4) is 0 Å². The Morgan fingerprint density at radius 1 is 1.00 bits per heavy atom. The molecule has 0 radical (unpaired) electrons. The molecule has 1 heterocycles. The minimum absolute atomic E-state index is 0.153. The van der Waals surface area contributed by atoms with Gasteiger partial charge < -0.3 is 25.2 Å². The van der Waals surface area contributed by atoms with Crippen LogP contribution in [-0.4, -0.2) is 51.6 Å². The predicted molar refractivity (Wildman–Crippen MR) is 30.0 cm³/mol. The standard InChI is InChI=1S/C5H10O5/c6-2-1-10-5(9)4(8)3(2)7/h2-9H,1H2/t2-,3+,4?,5?/m0/s1. The summed E-state index contributed by atoms with van der Waals surface area (Å²) in [5, 5.41) is 35.3. The first kappa shape index (κ1) is 7.90. The molecular weight excluding hydrogens is 140 g/mol. The zero-order valence-corrected chi connectivity index (χ0v) is 5.21. The highest BCUT2D eigenvalue weighted by Crippen LogP contribution is 2.12. The van der Waals surface area contributed by atoms with Crippen LogP contribution in [0.4, 0.5) is 0 Å². The lowest BCUT2D eigenvalue weighted by molar-refractivity contribution is -0.252. The summed E-state index contributed by atoms with van der Waals surface area (Å²) in [6.07, 6.45) is -5.23. The van der Waals surface area contributed by atoms with Crippen molar-refractivity contribution < 1.29 is 25.2 Å². The van der Waals surface area contributed by atoms with Crippen LogP contribution in [0.5, 0.6) is 0 Å². The lowest BCUT2D eigenvalue weighted by Crippen LogP contribution is -2.52. The Labute approximate surface area is 57.5 Å². The zero-order valence-electron chi connectivity index (χ0n) is 5.21. The fraction of sp³-hybridized carbons (Fsp3) is 1.00. The number of hydrogen-bond donors (Lipinski definition) is 4. The van der Waals surface area contributed by atoms with Gasteiger partial charge in [-0.25, -0.2) is 0 Å². The summed E-state index contributed by atoms with van der Waals surface area (Å²) >= 11 is 0. The Morgan fingerprint density at radius 3 is 2.10 bits per heavy atom. The van der Waals surface area contributed by atoms with Gasteiger partial charge in [-0.05, 0) is 0 Å². The summed E-state index contributed by atoms with van der Waals surface area (Å²) in [7, 11) is 0. The number of aliphatic hydroxyl groups is 4. The van der Waals surface area contributed by atoms with Gasteiger partial charge in [0.25, 0.3) is 0 Å². The maximum absolute atomic E-state index is 8.88. The van der Waals surface area contributed by atoms with Crippen molar-refractivity contribution in [2.45, 2.75) is 24.6 Å². The van der Waals surface area contributed by atoms with E-state index in [4.69, 9.17) is 20.4 Å². The maximum atomic E-state index is 8.88. The van der Waals surface area contributed by atoms with Gasteiger partial charge in [-0.15, -0.1) is 0 Å². The van der Waals surface area contributed by atoms with Crippen LogP contribution in [0.1, 0.15) is 0 Å². The first-order valence-electron chi connectivity index (χ1n) is 2.97. The molecule has 10 heavy (non-hydrogen) atoms. The van der Waals surface area contributed by atoms with Gasteiger partial charge in [0.15, 0.2) is 6.29 Å². The minimum Gasteiger partial charge on any atom is -0.388 e. The van der Waals surface area contributed by atoms with Crippen LogP contribution in [0.2, 0.25) is 0 Å². The Morgan fingerprint density at radius 2 is 1.60 bits per heavy atom. The van der Waals surface area contributed by atoms with E-state index in [-0.39, 0.29) is 6.61 Å². The quantitative estimate of drug-likeness (QED) is 0.304. The molecule has 2 unspecified atom stereocenters. The van der Waals surface area contributed by atoms with E-state index in [0.717, 1.165) is 0 Å². The third kappa shape index (κ3) is 1.28. The molecule has 1 rings (SSSR count). The van der Waals surface area contributed by atoms with Crippen molar-refractivity contribution in [1.29, 1.82) is 0 Å². The average Bonchev–Trinajstić information content (AvgIpc) is 1.93. The minimum atomic E-state index is -1.41. The Kier molecular flexibility index (Phi) is 2.22. The molecule has 5 nitrogen and oxygen atoms in total. The Bertz CT molecular complexity index is 103. The summed E-state index contributed by atoms with van der Waals surface area (Å²) in [6, 6.07) is 0. The smallest absolute Gasteiger partial charge is 0.183 e. The van der Waals surface area contributed by atoms with Crippen molar-refractivity contribution >= 4 is 0 Å². The second-order valence-corrected chi connectivity index (χ2v) is 2.27. The first-order chi connectivity index (χ1) is 4.63. The van der Waals surface area contributed by atoms with Gasteiger partial charge >= 0.3 is 0 Å². The lowest BCUT2D eigenvalue weighted by Gasteiger charge is -2.31. The Balaban J connectivity index is 2.52. The molecule has 1 aliphatic heterocycles. The summed E-state index contributed by atoms with van der Waals surface area (Å²) in [6.45, 7) is -0.153. The van der Waals surface area contributed by atoms with Gasteiger partial charge in [-0.1, -0.05) is 0 Å². The van der Waals surface area contributed by atoms with E-state index >= 15 is 0 Å². The molecule has 0 aromatic heterocycles. The monoisotopic (exact) mass is 150 g/mol. The van der Waals surface area contributed by atoms with Crippen LogP contribution in [0.25, 0.3) is 0 Å². The number of hydrogen-bond acceptors (Lipinski definition) is 5. The average molecular weight is 150 g/mol. The lowest BCUT2D eigenvalue weighted by atomic mass is 10.1. The van der Waals surface area contributed by atoms with E-state index < -0.39 is 24.6 Å². The first-order valence-corrected chi connectivity index (χ1v) is 2.97. The van der Waals surface area contributed by atoms with Crippen LogP contribution in [-0.2, 0) is 4.74 Å². The van der Waals surface area contributed by atoms with Gasteiger partial charge in [0.05, 0.1) is 6.61 Å². The van der Waals surface area contributed by atoms with E-state index in [9.17, 15) is 0 Å². The van der Waals surface area contributed by atoms with E-state index in [2.05, 4.69) is 4.74 Å². The molecule has 4 atom stereocenters. The zero-order chi connectivity index (χ0) is 7.72. The van der Waals surface area contributed by atoms with Gasteiger partial charge in [0.2, 0.25) is 0 Å². The fourth-order valence-electron chi connectivity index (χ4n) is 0.791. The molecule has 0 bridgehead atoms. The number of aliphatic hydroxyl groups excluding tert-OH is 4. The number of rotatable bonds is 0. The van der Waals surface area contributed by atoms with E-state index in [1.807, 2.05) is 0 Å². The summed E-state index contributed by atoms with van der Waals surface area (Å²) in [5.74, 6) is 0. The summed E-state index contributed by atoms with van der Waals surface area (Å²) < 4.78 is 4.47. The highest BCUT2D eigenvalue weighted by Gasteiger charge is 2.36. The van der Waals surface area contributed by atoms with Gasteiger partial charge in [0, 0.05) is 0 Å². The van der Waals surface area contributed by atoms with Crippen LogP contribution >= 0.6 is 0 Å². The Hall–Kier alpha value is -0.200. The van der Waals surface area contributed by atoms with Crippen molar-refractivity contribution in [3.05, 3.63) is 0 Å². The molecule has 5 heteroatoms. The van der Waals surface area contributed by atoms with Crippen molar-refractivity contribution in [1.82, 2.24) is 0 Å². The molecule has 0 aromatic rings. The van der Waals surface area contributed by atoms with E-state index in [0.29, 0.717) is 0 Å².